The van der Waals surface area contributed by atoms with E-state index in [1.165, 1.54) is 6.07 Å². The molecule has 6 heteroatoms. The zero-order valence-electron chi connectivity index (χ0n) is 14.4. The summed E-state index contributed by atoms with van der Waals surface area (Å²) in [4.78, 5) is 12.4. The minimum atomic E-state index is -0.0933. The van der Waals surface area contributed by atoms with E-state index in [0.717, 1.165) is 16.6 Å². The number of alkyl halides is 1. The summed E-state index contributed by atoms with van der Waals surface area (Å²) in [6.07, 6.45) is 0. The Hall–Kier alpha value is -2.31. The molecule has 0 saturated heterocycles. The van der Waals surface area contributed by atoms with Crippen LogP contribution in [0.2, 0.25) is 0 Å². The van der Waals surface area contributed by atoms with Crippen LogP contribution in [-0.4, -0.2) is 32.3 Å². The number of ether oxygens (including phenoxy) is 3. The summed E-state index contributed by atoms with van der Waals surface area (Å²) in [6, 6.07) is 14.1. The van der Waals surface area contributed by atoms with Gasteiger partial charge in [-0.1, -0.05) is 15.9 Å². The molecule has 5 nitrogen and oxygen atoms in total. The van der Waals surface area contributed by atoms with Crippen LogP contribution in [0.25, 0.3) is 22.3 Å². The van der Waals surface area contributed by atoms with Crippen molar-refractivity contribution in [1.29, 1.82) is 0 Å². The predicted molar refractivity (Wildman–Crippen MR) is 105 cm³/mol. The van der Waals surface area contributed by atoms with Crippen molar-refractivity contribution >= 4 is 26.9 Å². The maximum Gasteiger partial charge on any atom is 0.193 e. The first-order chi connectivity index (χ1) is 12.7. The van der Waals surface area contributed by atoms with Gasteiger partial charge in [0.05, 0.1) is 25.7 Å². The molecule has 0 saturated carbocycles. The van der Waals surface area contributed by atoms with Crippen LogP contribution in [0.5, 0.6) is 11.5 Å². The average molecular weight is 419 g/mol. The minimum absolute atomic E-state index is 0.0933. The van der Waals surface area contributed by atoms with Crippen LogP contribution >= 0.6 is 15.9 Å². The molecule has 1 heterocycles. The first kappa shape index (κ1) is 18.5. The van der Waals surface area contributed by atoms with Crippen molar-refractivity contribution in [2.75, 3.05) is 32.3 Å². The van der Waals surface area contributed by atoms with Crippen molar-refractivity contribution in [3.8, 4) is 22.8 Å². The summed E-state index contributed by atoms with van der Waals surface area (Å²) in [5.74, 6) is 1.88. The molecule has 3 aromatic rings. The van der Waals surface area contributed by atoms with E-state index >= 15 is 0 Å². The number of hydrogen-bond donors (Lipinski definition) is 0. The summed E-state index contributed by atoms with van der Waals surface area (Å²) >= 11 is 3.30. The third-order valence-corrected chi connectivity index (χ3v) is 4.12. The Morgan fingerprint density at radius 3 is 2.46 bits per heavy atom. The van der Waals surface area contributed by atoms with Crippen LogP contribution in [-0.2, 0) is 4.74 Å². The normalized spacial score (nSPS) is 10.8. The highest BCUT2D eigenvalue weighted by molar-refractivity contribution is 9.09. The summed E-state index contributed by atoms with van der Waals surface area (Å²) in [7, 11) is 1.61. The number of rotatable bonds is 8. The summed E-state index contributed by atoms with van der Waals surface area (Å²) in [5.41, 5.74) is 1.20. The lowest BCUT2D eigenvalue weighted by Crippen LogP contribution is -2.08. The number of fused-ring (bicyclic) bond motifs is 1. The van der Waals surface area contributed by atoms with E-state index in [2.05, 4.69) is 15.9 Å². The highest BCUT2D eigenvalue weighted by Gasteiger charge is 2.08. The maximum atomic E-state index is 12.4. The molecule has 0 radical (unpaired) electrons. The molecule has 26 heavy (non-hydrogen) atoms. The van der Waals surface area contributed by atoms with E-state index in [9.17, 15) is 4.79 Å². The van der Waals surface area contributed by atoms with Gasteiger partial charge in [-0.3, -0.25) is 4.79 Å². The Labute approximate surface area is 159 Å². The van der Waals surface area contributed by atoms with Crippen molar-refractivity contribution in [2.24, 2.45) is 0 Å². The van der Waals surface area contributed by atoms with Gasteiger partial charge in [-0.15, -0.1) is 0 Å². The Balaban J connectivity index is 1.84. The molecule has 136 valence electrons. The Bertz CT molecular complexity index is 918. The Kier molecular flexibility index (Phi) is 6.30. The van der Waals surface area contributed by atoms with Gasteiger partial charge in [0.25, 0.3) is 0 Å². The Morgan fingerprint density at radius 2 is 1.73 bits per heavy atom. The molecule has 1 aromatic heterocycles. The van der Waals surface area contributed by atoms with Gasteiger partial charge in [-0.05, 0) is 36.4 Å². The largest absolute Gasteiger partial charge is 0.497 e. The summed E-state index contributed by atoms with van der Waals surface area (Å²) in [6.45, 7) is 1.57. The second kappa shape index (κ2) is 8.87. The summed E-state index contributed by atoms with van der Waals surface area (Å²) < 4.78 is 22.1. The standard InChI is InChI=1S/C20H19BrO5/c1-23-15-4-2-14(3-5-15)19-13-18(22)17-7-6-16(12-20(17)26-19)25-11-10-24-9-8-21/h2-7,12-13H,8-11H2,1H3. The van der Waals surface area contributed by atoms with E-state index in [0.29, 0.717) is 42.3 Å². The van der Waals surface area contributed by atoms with E-state index in [-0.39, 0.29) is 5.43 Å². The van der Waals surface area contributed by atoms with E-state index in [1.54, 1.807) is 25.3 Å². The molecule has 0 amide bonds. The van der Waals surface area contributed by atoms with Crippen LogP contribution in [0, 0.1) is 0 Å². The topological polar surface area (TPSA) is 57.9 Å². The van der Waals surface area contributed by atoms with Gasteiger partial charge in [0, 0.05) is 23.0 Å². The predicted octanol–water partition coefficient (Wildman–Crippen LogP) is 4.26. The van der Waals surface area contributed by atoms with E-state index < -0.39 is 0 Å². The zero-order valence-corrected chi connectivity index (χ0v) is 16.0. The molecule has 0 atom stereocenters. The lowest BCUT2D eigenvalue weighted by molar-refractivity contribution is 0.112. The molecule has 2 aromatic carbocycles. The van der Waals surface area contributed by atoms with Crippen molar-refractivity contribution in [3.63, 3.8) is 0 Å². The molecule has 3 rings (SSSR count). The van der Waals surface area contributed by atoms with Crippen molar-refractivity contribution in [1.82, 2.24) is 0 Å². The fraction of sp³-hybridized carbons (Fsp3) is 0.250. The zero-order chi connectivity index (χ0) is 18.4. The summed E-state index contributed by atoms with van der Waals surface area (Å²) in [5, 5.41) is 1.31. The first-order valence-electron chi connectivity index (χ1n) is 8.20. The second-order valence-electron chi connectivity index (χ2n) is 5.51. The molecule has 0 aliphatic heterocycles. The van der Waals surface area contributed by atoms with E-state index in [1.807, 2.05) is 24.3 Å². The van der Waals surface area contributed by atoms with Crippen molar-refractivity contribution < 1.29 is 18.6 Å². The molecule has 0 bridgehead atoms. The monoisotopic (exact) mass is 418 g/mol. The molecule has 0 fully saturated rings. The fourth-order valence-corrected chi connectivity index (χ4v) is 2.73. The quantitative estimate of drug-likeness (QED) is 0.404. The molecular formula is C20H19BrO5. The molecule has 0 spiro atoms. The first-order valence-corrected chi connectivity index (χ1v) is 9.32. The SMILES string of the molecule is COc1ccc(-c2cc(=O)c3ccc(OCCOCCBr)cc3o2)cc1. The van der Waals surface area contributed by atoms with Gasteiger partial charge >= 0.3 is 0 Å². The lowest BCUT2D eigenvalue weighted by Gasteiger charge is -2.08. The third kappa shape index (κ3) is 4.45. The van der Waals surface area contributed by atoms with E-state index in [4.69, 9.17) is 18.6 Å². The van der Waals surface area contributed by atoms with Gasteiger partial charge in [0.1, 0.15) is 29.4 Å². The van der Waals surface area contributed by atoms with Crippen LogP contribution in [0.1, 0.15) is 0 Å². The second-order valence-corrected chi connectivity index (χ2v) is 6.30. The highest BCUT2D eigenvalue weighted by atomic mass is 79.9. The number of halogens is 1. The Morgan fingerprint density at radius 1 is 0.962 bits per heavy atom. The molecule has 0 N–H and O–H groups in total. The van der Waals surface area contributed by atoms with Crippen molar-refractivity contribution in [3.05, 3.63) is 58.8 Å². The van der Waals surface area contributed by atoms with Crippen LogP contribution in [0.15, 0.2) is 57.7 Å². The highest BCUT2D eigenvalue weighted by Crippen LogP contribution is 2.26. The molecule has 0 unspecified atom stereocenters. The van der Waals surface area contributed by atoms with Gasteiger partial charge in [0.2, 0.25) is 0 Å². The van der Waals surface area contributed by atoms with Crippen LogP contribution in [0.3, 0.4) is 0 Å². The average Bonchev–Trinajstić information content (AvgIpc) is 2.67. The lowest BCUT2D eigenvalue weighted by atomic mass is 10.1. The number of methoxy groups -OCH3 is 1. The fourth-order valence-electron chi connectivity index (χ4n) is 2.50. The molecule has 0 aliphatic rings. The van der Waals surface area contributed by atoms with Crippen molar-refractivity contribution in [2.45, 2.75) is 0 Å². The number of benzene rings is 2. The van der Waals surface area contributed by atoms with Gasteiger partial charge in [0.15, 0.2) is 5.43 Å². The van der Waals surface area contributed by atoms with Gasteiger partial charge in [-0.2, -0.15) is 0 Å². The molecular weight excluding hydrogens is 400 g/mol. The van der Waals surface area contributed by atoms with Crippen LogP contribution in [0.4, 0.5) is 0 Å². The maximum absolute atomic E-state index is 12.4. The third-order valence-electron chi connectivity index (χ3n) is 3.79. The smallest absolute Gasteiger partial charge is 0.193 e. The minimum Gasteiger partial charge on any atom is -0.497 e. The molecule has 0 aliphatic carbocycles. The van der Waals surface area contributed by atoms with Gasteiger partial charge < -0.3 is 18.6 Å². The number of hydrogen-bond acceptors (Lipinski definition) is 5. The van der Waals surface area contributed by atoms with Crippen LogP contribution < -0.4 is 14.9 Å². The van der Waals surface area contributed by atoms with Gasteiger partial charge in [-0.25, -0.2) is 0 Å².